The molecule has 0 aliphatic heterocycles. The second kappa shape index (κ2) is 14.3. The van der Waals surface area contributed by atoms with E-state index in [1.165, 1.54) is 12.1 Å². The standard InChI is InChI=1S/C30H30ClN7O6/c1-2-3-8-27-32-28(31)26(18-39)36(27)17-20-9-13-22(14-10-20)24-6-4-5-7-25(24)29-33-35-37(34-29)30(40)44-23-15-11-21(12-16-23)19-43-38(41)42/h4-7,9-16,39,41-42H,2-3,8,17-19H2,1H3. The number of aliphatic hydroxyl groups is 1. The van der Waals surface area contributed by atoms with Gasteiger partial charge in [0, 0.05) is 18.5 Å². The first-order chi connectivity index (χ1) is 21.4. The van der Waals surface area contributed by atoms with E-state index < -0.39 is 6.09 Å². The van der Waals surface area contributed by atoms with Crippen LogP contribution in [0, 0.1) is 0 Å². The monoisotopic (exact) mass is 619 g/mol. The topological polar surface area (TPSA) is 161 Å². The number of hydrogen-bond acceptors (Lipinski definition) is 11. The van der Waals surface area contributed by atoms with Crippen LogP contribution in [-0.4, -0.2) is 56.8 Å². The Morgan fingerprint density at radius 2 is 1.68 bits per heavy atom. The summed E-state index contributed by atoms with van der Waals surface area (Å²) in [7, 11) is 0. The van der Waals surface area contributed by atoms with E-state index in [-0.39, 0.29) is 30.2 Å². The Balaban J connectivity index is 1.30. The minimum Gasteiger partial charge on any atom is -0.408 e. The molecule has 0 amide bonds. The number of tetrazole rings is 1. The zero-order valence-electron chi connectivity index (χ0n) is 23.7. The van der Waals surface area contributed by atoms with Gasteiger partial charge in [0.05, 0.1) is 24.3 Å². The van der Waals surface area contributed by atoms with Crippen molar-refractivity contribution in [1.82, 2.24) is 35.1 Å². The van der Waals surface area contributed by atoms with Crippen molar-refractivity contribution in [1.29, 1.82) is 0 Å². The molecule has 0 radical (unpaired) electrons. The Hall–Kier alpha value is -4.50. The molecule has 0 saturated heterocycles. The van der Waals surface area contributed by atoms with Crippen LogP contribution in [0.5, 0.6) is 5.75 Å². The van der Waals surface area contributed by atoms with Gasteiger partial charge in [-0.2, -0.15) is 0 Å². The summed E-state index contributed by atoms with van der Waals surface area (Å²) in [6.45, 7) is 2.35. The lowest BCUT2D eigenvalue weighted by Crippen LogP contribution is -2.19. The molecule has 0 aliphatic carbocycles. The maximum absolute atomic E-state index is 12.7. The van der Waals surface area contributed by atoms with Crippen LogP contribution in [0.25, 0.3) is 22.5 Å². The molecule has 44 heavy (non-hydrogen) atoms. The summed E-state index contributed by atoms with van der Waals surface area (Å²) in [6.07, 6.45) is 1.93. The van der Waals surface area contributed by atoms with E-state index in [0.29, 0.717) is 28.5 Å². The third-order valence-electron chi connectivity index (χ3n) is 6.83. The van der Waals surface area contributed by atoms with Gasteiger partial charge in [-0.3, -0.25) is 10.4 Å². The summed E-state index contributed by atoms with van der Waals surface area (Å²) in [5.74, 6) is 1.32. The van der Waals surface area contributed by atoms with Crippen molar-refractivity contribution in [3.05, 3.63) is 101 Å². The molecule has 2 heterocycles. The number of rotatable bonds is 12. The number of carbonyl (C=O) groups is 1. The smallest absolute Gasteiger partial charge is 0.408 e. The summed E-state index contributed by atoms with van der Waals surface area (Å²) >= 11 is 6.30. The highest BCUT2D eigenvalue weighted by atomic mass is 35.5. The van der Waals surface area contributed by atoms with Crippen LogP contribution in [0.3, 0.4) is 0 Å². The van der Waals surface area contributed by atoms with Gasteiger partial charge in [-0.05, 0) is 46.0 Å². The van der Waals surface area contributed by atoms with Crippen LogP contribution < -0.4 is 4.74 Å². The molecule has 14 heteroatoms. The maximum Gasteiger partial charge on any atom is 0.459 e. The molecule has 3 N–H and O–H groups in total. The number of aryl methyl sites for hydroxylation is 1. The highest BCUT2D eigenvalue weighted by Gasteiger charge is 2.18. The van der Waals surface area contributed by atoms with E-state index in [1.54, 1.807) is 12.1 Å². The third-order valence-corrected chi connectivity index (χ3v) is 7.13. The van der Waals surface area contributed by atoms with Crippen molar-refractivity contribution >= 4 is 17.7 Å². The number of aromatic nitrogens is 6. The Morgan fingerprint density at radius 1 is 0.977 bits per heavy atom. The van der Waals surface area contributed by atoms with E-state index in [4.69, 9.17) is 26.8 Å². The molecule has 2 aromatic heterocycles. The Morgan fingerprint density at radius 3 is 2.36 bits per heavy atom. The Labute approximate surface area is 257 Å². The fourth-order valence-electron chi connectivity index (χ4n) is 4.60. The van der Waals surface area contributed by atoms with Gasteiger partial charge in [0.1, 0.15) is 11.6 Å². The quantitative estimate of drug-likeness (QED) is 0.155. The predicted molar refractivity (Wildman–Crippen MR) is 158 cm³/mol. The number of hydrogen-bond donors (Lipinski definition) is 3. The number of nitrogens with zero attached hydrogens (tertiary/aromatic N) is 7. The number of carbonyl (C=O) groups excluding carboxylic acids is 1. The largest absolute Gasteiger partial charge is 0.459 e. The van der Waals surface area contributed by atoms with Crippen molar-refractivity contribution in [3.63, 3.8) is 0 Å². The molecular formula is C30H30ClN7O6. The van der Waals surface area contributed by atoms with Crippen LogP contribution in [0.1, 0.15) is 42.4 Å². The number of ether oxygens (including phenoxy) is 1. The van der Waals surface area contributed by atoms with Gasteiger partial charge in [-0.25, -0.2) is 14.6 Å². The zero-order valence-corrected chi connectivity index (χ0v) is 24.5. The average Bonchev–Trinajstić information content (AvgIpc) is 3.64. The van der Waals surface area contributed by atoms with E-state index in [0.717, 1.165) is 46.6 Å². The zero-order chi connectivity index (χ0) is 31.1. The van der Waals surface area contributed by atoms with Crippen molar-refractivity contribution in [2.75, 3.05) is 0 Å². The van der Waals surface area contributed by atoms with Crippen LogP contribution in [0.4, 0.5) is 4.79 Å². The molecule has 0 unspecified atom stereocenters. The van der Waals surface area contributed by atoms with Gasteiger partial charge in [0.15, 0.2) is 5.15 Å². The summed E-state index contributed by atoms with van der Waals surface area (Å²) in [6, 6.07) is 21.7. The van der Waals surface area contributed by atoms with Gasteiger partial charge in [0.25, 0.3) is 0 Å². The maximum atomic E-state index is 12.7. The minimum absolute atomic E-state index is 0.0958. The van der Waals surface area contributed by atoms with Gasteiger partial charge < -0.3 is 14.4 Å². The average molecular weight is 620 g/mol. The second-order valence-corrected chi connectivity index (χ2v) is 10.2. The lowest BCUT2D eigenvalue weighted by Gasteiger charge is -2.12. The molecule has 5 rings (SSSR count). The van der Waals surface area contributed by atoms with E-state index in [2.05, 4.69) is 32.2 Å². The lowest BCUT2D eigenvalue weighted by atomic mass is 9.98. The number of halogens is 1. The molecule has 0 spiro atoms. The lowest BCUT2D eigenvalue weighted by molar-refractivity contribution is -0.497. The van der Waals surface area contributed by atoms with Crippen LogP contribution in [0.2, 0.25) is 5.15 Å². The normalized spacial score (nSPS) is 11.3. The molecule has 5 aromatic rings. The van der Waals surface area contributed by atoms with Gasteiger partial charge >= 0.3 is 6.09 Å². The summed E-state index contributed by atoms with van der Waals surface area (Å²) in [4.78, 5) is 22.5. The van der Waals surface area contributed by atoms with Crippen molar-refractivity contribution in [2.45, 2.75) is 45.9 Å². The first-order valence-electron chi connectivity index (χ1n) is 13.8. The molecule has 228 valence electrons. The van der Waals surface area contributed by atoms with E-state index in [9.17, 15) is 9.90 Å². The number of imidazole rings is 1. The fourth-order valence-corrected chi connectivity index (χ4v) is 4.86. The minimum atomic E-state index is -0.855. The molecule has 0 aliphatic rings. The molecule has 13 nitrogen and oxygen atoms in total. The fraction of sp³-hybridized carbons (Fsp3) is 0.233. The Bertz CT molecular complexity index is 1700. The van der Waals surface area contributed by atoms with Crippen molar-refractivity contribution in [2.24, 2.45) is 0 Å². The predicted octanol–water partition coefficient (Wildman–Crippen LogP) is 5.30. The molecular weight excluding hydrogens is 590 g/mol. The summed E-state index contributed by atoms with van der Waals surface area (Å²) < 4.78 is 7.31. The molecule has 0 bridgehead atoms. The first kappa shape index (κ1) is 30.9. The highest BCUT2D eigenvalue weighted by Crippen LogP contribution is 2.30. The molecule has 0 fully saturated rings. The summed E-state index contributed by atoms with van der Waals surface area (Å²) in [5.41, 5.74) is 4.67. The number of unbranched alkanes of at least 4 members (excludes halogenated alkanes) is 1. The molecule has 3 aromatic carbocycles. The first-order valence-corrected chi connectivity index (χ1v) is 14.2. The molecule has 0 atom stereocenters. The highest BCUT2D eigenvalue weighted by molar-refractivity contribution is 6.30. The second-order valence-electron chi connectivity index (χ2n) is 9.80. The van der Waals surface area contributed by atoms with Gasteiger partial charge in [0.2, 0.25) is 5.82 Å². The number of aliphatic hydroxyl groups excluding tert-OH is 1. The van der Waals surface area contributed by atoms with Crippen molar-refractivity contribution < 1.29 is 29.9 Å². The van der Waals surface area contributed by atoms with Crippen LogP contribution >= 0.6 is 11.6 Å². The van der Waals surface area contributed by atoms with Crippen LogP contribution in [0.15, 0.2) is 72.8 Å². The van der Waals surface area contributed by atoms with E-state index in [1.807, 2.05) is 53.1 Å². The van der Waals surface area contributed by atoms with E-state index >= 15 is 0 Å². The SMILES string of the molecule is CCCCc1nc(Cl)c(CO)n1Cc1ccc(-c2ccccc2-c2nnn(C(=O)Oc3ccc(CON(O)O)cc3)n2)cc1. The van der Waals surface area contributed by atoms with Gasteiger partial charge in [-0.1, -0.05) is 90.4 Å². The van der Waals surface area contributed by atoms with Gasteiger partial charge in [-0.15, -0.1) is 10.2 Å². The van der Waals surface area contributed by atoms with Crippen LogP contribution in [-0.2, 0) is 31.0 Å². The van der Waals surface area contributed by atoms with Crippen molar-refractivity contribution in [3.8, 4) is 28.3 Å². The third kappa shape index (κ3) is 7.34. The Kier molecular flexibility index (Phi) is 10.1. The number of benzene rings is 3. The molecule has 0 saturated carbocycles. The summed E-state index contributed by atoms with van der Waals surface area (Å²) in [5, 5.41) is 39.3.